The second-order valence-corrected chi connectivity index (χ2v) is 5.46. The fraction of sp³-hybridized carbons (Fsp3) is 0.154. The van der Waals surface area contributed by atoms with E-state index in [1.165, 1.54) is 0 Å². The second kappa shape index (κ2) is 4.39. The standard InChI is InChI=1S/C13H11ClN2OS/c1-8(17)13-12(10-3-2-6-18-10)15-11-7-9(14)4-5-16(11)13/h2-8,17H,1H3. The van der Waals surface area contributed by atoms with E-state index in [1.54, 1.807) is 30.4 Å². The van der Waals surface area contributed by atoms with E-state index < -0.39 is 6.10 Å². The summed E-state index contributed by atoms with van der Waals surface area (Å²) in [5.74, 6) is 0. The van der Waals surface area contributed by atoms with Gasteiger partial charge in [0.15, 0.2) is 0 Å². The Balaban J connectivity index is 2.34. The molecule has 0 aromatic carbocycles. The van der Waals surface area contributed by atoms with Gasteiger partial charge in [-0.15, -0.1) is 11.3 Å². The SMILES string of the molecule is CC(O)c1c(-c2cccs2)nc2cc(Cl)ccn12. The van der Waals surface area contributed by atoms with Gasteiger partial charge < -0.3 is 9.51 Å². The smallest absolute Gasteiger partial charge is 0.139 e. The van der Waals surface area contributed by atoms with Crippen LogP contribution in [0.1, 0.15) is 18.7 Å². The lowest BCUT2D eigenvalue weighted by Crippen LogP contribution is -1.98. The molecule has 3 heterocycles. The van der Waals surface area contributed by atoms with Gasteiger partial charge in [-0.2, -0.15) is 0 Å². The van der Waals surface area contributed by atoms with E-state index in [2.05, 4.69) is 4.98 Å². The quantitative estimate of drug-likeness (QED) is 0.775. The third kappa shape index (κ3) is 1.82. The molecular weight excluding hydrogens is 268 g/mol. The summed E-state index contributed by atoms with van der Waals surface area (Å²) in [6, 6.07) is 7.56. The molecule has 3 nitrogen and oxygen atoms in total. The van der Waals surface area contributed by atoms with E-state index in [9.17, 15) is 5.11 Å². The van der Waals surface area contributed by atoms with Crippen LogP contribution in [0.25, 0.3) is 16.2 Å². The minimum Gasteiger partial charge on any atom is -0.387 e. The number of thiophene rings is 1. The first-order valence-corrected chi connectivity index (χ1v) is 6.82. The number of halogens is 1. The topological polar surface area (TPSA) is 37.5 Å². The molecule has 3 aromatic heterocycles. The molecule has 0 spiro atoms. The minimum absolute atomic E-state index is 0.585. The molecule has 0 bridgehead atoms. The van der Waals surface area contributed by atoms with E-state index in [0.717, 1.165) is 21.9 Å². The average Bonchev–Trinajstić information content (AvgIpc) is 2.93. The molecule has 92 valence electrons. The maximum atomic E-state index is 9.97. The number of hydrogen-bond acceptors (Lipinski definition) is 3. The lowest BCUT2D eigenvalue weighted by molar-refractivity contribution is 0.194. The molecule has 0 amide bonds. The van der Waals surface area contributed by atoms with Gasteiger partial charge in [-0.05, 0) is 24.4 Å². The third-order valence-electron chi connectivity index (χ3n) is 2.78. The van der Waals surface area contributed by atoms with Crippen LogP contribution in [0, 0.1) is 0 Å². The Morgan fingerprint density at radius 3 is 2.94 bits per heavy atom. The van der Waals surface area contributed by atoms with Gasteiger partial charge in [-0.1, -0.05) is 17.7 Å². The molecule has 5 heteroatoms. The minimum atomic E-state index is -0.585. The Bertz CT molecular complexity index is 688. The largest absolute Gasteiger partial charge is 0.387 e. The molecule has 0 aliphatic heterocycles. The van der Waals surface area contributed by atoms with Gasteiger partial charge in [0.05, 0.1) is 16.7 Å². The highest BCUT2D eigenvalue weighted by atomic mass is 35.5. The van der Waals surface area contributed by atoms with E-state index in [0.29, 0.717) is 5.02 Å². The van der Waals surface area contributed by atoms with Gasteiger partial charge in [-0.3, -0.25) is 0 Å². The molecule has 18 heavy (non-hydrogen) atoms. The van der Waals surface area contributed by atoms with Crippen molar-refractivity contribution in [3.63, 3.8) is 0 Å². The highest BCUT2D eigenvalue weighted by molar-refractivity contribution is 7.13. The number of hydrogen-bond donors (Lipinski definition) is 1. The van der Waals surface area contributed by atoms with Crippen molar-refractivity contribution in [2.45, 2.75) is 13.0 Å². The van der Waals surface area contributed by atoms with Crippen LogP contribution in [0.2, 0.25) is 5.02 Å². The van der Waals surface area contributed by atoms with Crippen molar-refractivity contribution in [2.24, 2.45) is 0 Å². The first-order chi connectivity index (χ1) is 8.66. The van der Waals surface area contributed by atoms with Crippen LogP contribution >= 0.6 is 22.9 Å². The van der Waals surface area contributed by atoms with Crippen LogP contribution in [0.3, 0.4) is 0 Å². The molecule has 1 N–H and O–H groups in total. The maximum absolute atomic E-state index is 9.97. The number of aromatic nitrogens is 2. The maximum Gasteiger partial charge on any atom is 0.139 e. The number of aliphatic hydroxyl groups is 1. The van der Waals surface area contributed by atoms with Crippen molar-refractivity contribution >= 4 is 28.6 Å². The van der Waals surface area contributed by atoms with Crippen molar-refractivity contribution in [3.8, 4) is 10.6 Å². The summed E-state index contributed by atoms with van der Waals surface area (Å²) < 4.78 is 1.88. The number of rotatable bonds is 2. The Labute approximate surface area is 113 Å². The molecule has 1 unspecified atom stereocenters. The van der Waals surface area contributed by atoms with Crippen molar-refractivity contribution in [3.05, 3.63) is 46.6 Å². The van der Waals surface area contributed by atoms with Crippen LogP contribution < -0.4 is 0 Å². The van der Waals surface area contributed by atoms with Crippen LogP contribution in [-0.4, -0.2) is 14.5 Å². The molecule has 1 atom stereocenters. The van der Waals surface area contributed by atoms with Gasteiger partial charge in [0.25, 0.3) is 0 Å². The third-order valence-corrected chi connectivity index (χ3v) is 3.89. The van der Waals surface area contributed by atoms with Crippen molar-refractivity contribution in [1.82, 2.24) is 9.38 Å². The van der Waals surface area contributed by atoms with Crippen LogP contribution in [0.4, 0.5) is 0 Å². The molecule has 0 saturated heterocycles. The number of nitrogens with zero attached hydrogens (tertiary/aromatic N) is 2. The first kappa shape index (κ1) is 11.7. The zero-order chi connectivity index (χ0) is 12.7. The molecule has 0 aliphatic rings. The van der Waals surface area contributed by atoms with E-state index in [1.807, 2.05) is 28.1 Å². The Kier molecular flexibility index (Phi) is 2.86. The molecule has 0 saturated carbocycles. The summed E-state index contributed by atoms with van der Waals surface area (Å²) in [5, 5.41) is 12.6. The second-order valence-electron chi connectivity index (χ2n) is 4.07. The highest BCUT2D eigenvalue weighted by Gasteiger charge is 2.18. The normalized spacial score (nSPS) is 13.1. The van der Waals surface area contributed by atoms with Gasteiger partial charge in [0.2, 0.25) is 0 Å². The van der Waals surface area contributed by atoms with Gasteiger partial charge in [0.1, 0.15) is 11.3 Å². The Hall–Kier alpha value is -1.36. The summed E-state index contributed by atoms with van der Waals surface area (Å²) in [4.78, 5) is 5.61. The summed E-state index contributed by atoms with van der Waals surface area (Å²) in [6.45, 7) is 1.75. The average molecular weight is 279 g/mol. The molecule has 3 aromatic rings. The monoisotopic (exact) mass is 278 g/mol. The van der Waals surface area contributed by atoms with Crippen molar-refractivity contribution in [1.29, 1.82) is 0 Å². The highest BCUT2D eigenvalue weighted by Crippen LogP contribution is 2.32. The van der Waals surface area contributed by atoms with Gasteiger partial charge >= 0.3 is 0 Å². The van der Waals surface area contributed by atoms with Crippen molar-refractivity contribution in [2.75, 3.05) is 0 Å². The Morgan fingerprint density at radius 1 is 1.44 bits per heavy atom. The van der Waals surface area contributed by atoms with Gasteiger partial charge in [0, 0.05) is 17.3 Å². The summed E-state index contributed by atoms with van der Waals surface area (Å²) >= 11 is 7.58. The molecule has 0 aliphatic carbocycles. The van der Waals surface area contributed by atoms with E-state index in [-0.39, 0.29) is 0 Å². The lowest BCUT2D eigenvalue weighted by atomic mass is 10.2. The van der Waals surface area contributed by atoms with E-state index in [4.69, 9.17) is 11.6 Å². The number of imidazole rings is 1. The fourth-order valence-corrected chi connectivity index (χ4v) is 2.91. The number of pyridine rings is 1. The summed E-state index contributed by atoms with van der Waals surface area (Å²) in [7, 11) is 0. The summed E-state index contributed by atoms with van der Waals surface area (Å²) in [5.41, 5.74) is 2.37. The van der Waals surface area contributed by atoms with Crippen LogP contribution in [-0.2, 0) is 0 Å². The van der Waals surface area contributed by atoms with Gasteiger partial charge in [-0.25, -0.2) is 4.98 Å². The van der Waals surface area contributed by atoms with Crippen LogP contribution in [0.5, 0.6) is 0 Å². The zero-order valence-electron chi connectivity index (χ0n) is 9.67. The first-order valence-electron chi connectivity index (χ1n) is 5.56. The van der Waals surface area contributed by atoms with E-state index >= 15 is 0 Å². The summed E-state index contributed by atoms with van der Waals surface area (Å²) in [6.07, 6.45) is 1.25. The predicted molar refractivity (Wildman–Crippen MR) is 74.1 cm³/mol. The molecule has 0 fully saturated rings. The zero-order valence-corrected chi connectivity index (χ0v) is 11.2. The molecule has 3 rings (SSSR count). The van der Waals surface area contributed by atoms with Crippen LogP contribution in [0.15, 0.2) is 35.8 Å². The fourth-order valence-electron chi connectivity index (χ4n) is 2.03. The predicted octanol–water partition coefficient (Wildman–Crippen LogP) is 3.77. The molecular formula is C13H11ClN2OS. The Morgan fingerprint density at radius 2 is 2.28 bits per heavy atom. The van der Waals surface area contributed by atoms with Crippen molar-refractivity contribution < 1.29 is 5.11 Å². The number of aliphatic hydroxyl groups excluding tert-OH is 1. The molecule has 0 radical (unpaired) electrons. The lowest BCUT2D eigenvalue weighted by Gasteiger charge is -2.06. The number of fused-ring (bicyclic) bond motifs is 1.